The van der Waals surface area contributed by atoms with Crippen molar-refractivity contribution in [2.75, 3.05) is 20.0 Å². The highest BCUT2D eigenvalue weighted by molar-refractivity contribution is 7.85. The van der Waals surface area contributed by atoms with Crippen LogP contribution in [0.2, 0.25) is 0 Å². The average Bonchev–Trinajstić information content (AvgIpc) is 3.13. The summed E-state index contributed by atoms with van der Waals surface area (Å²) < 4.78 is 27.2. The van der Waals surface area contributed by atoms with Gasteiger partial charge in [0.15, 0.2) is 18.6 Å². The average molecular weight is 652 g/mol. The Morgan fingerprint density at radius 1 is 0.792 bits per heavy atom. The summed E-state index contributed by atoms with van der Waals surface area (Å²) in [6, 6.07) is 35.6. The molecule has 0 bridgehead atoms. The molecule has 0 saturated heterocycles. The van der Waals surface area contributed by atoms with E-state index in [9.17, 15) is 15.4 Å². The maximum Gasteiger partial charge on any atom is 0.301 e. The molecule has 8 nitrogen and oxygen atoms in total. The fraction of sp³-hybridized carbons (Fsp3) is 0.103. The summed E-state index contributed by atoms with van der Waals surface area (Å²) in [5.74, 6) is 0.992. The molecule has 0 aliphatic heterocycles. The van der Waals surface area contributed by atoms with Crippen molar-refractivity contribution in [2.24, 2.45) is 0 Å². The predicted octanol–water partition coefficient (Wildman–Crippen LogP) is 7.29. The first kappa shape index (κ1) is 30.7. The lowest BCUT2D eigenvalue weighted by Crippen LogP contribution is -2.27. The summed E-state index contributed by atoms with van der Waals surface area (Å²) in [6.45, 7) is 0. The van der Waals surface area contributed by atoms with Crippen molar-refractivity contribution in [3.05, 3.63) is 136 Å². The van der Waals surface area contributed by atoms with Crippen molar-refractivity contribution in [2.45, 2.75) is 12.8 Å². The summed E-state index contributed by atoms with van der Waals surface area (Å²) in [5, 5.41) is 26.8. The number of aryl methyl sites for hydroxylation is 1. The van der Waals surface area contributed by atoms with Crippen LogP contribution in [0.5, 0.6) is 11.5 Å². The summed E-state index contributed by atoms with van der Waals surface area (Å²) in [7, 11) is -0.572. The number of nitrogen functional groups attached to an aromatic ring is 1. The summed E-state index contributed by atoms with van der Waals surface area (Å²) in [5.41, 5.74) is 9.49. The summed E-state index contributed by atoms with van der Waals surface area (Å²) >= 11 is 0. The molecule has 0 spiro atoms. The zero-order valence-electron chi connectivity index (χ0n) is 26.3. The molecule has 9 heteroatoms. The standard InChI is InChI=1S/C39H30N3O5P/c1-46-32-21-25-17-19-29-35(30(25)22-33(32)47-2)31(23-40)38(41)39(42(43)44)37(29)36-28-16-10-9-11-24(28)18-20-34(36)48(45,26-12-5-3-6-13-26)27-14-7-4-8-15-27/h3-16,18,20-22H,17,19,41H2,1-2H3. The molecule has 0 heterocycles. The third-order valence-electron chi connectivity index (χ3n) is 9.17. The second-order valence-corrected chi connectivity index (χ2v) is 14.3. The Balaban J connectivity index is 1.70. The topological polar surface area (TPSA) is 128 Å². The number of ether oxygens (including phenoxy) is 2. The minimum absolute atomic E-state index is 0.0182. The lowest BCUT2D eigenvalue weighted by molar-refractivity contribution is -0.383. The maximum atomic E-state index is 16.0. The van der Waals surface area contributed by atoms with Crippen LogP contribution >= 0.6 is 7.14 Å². The molecule has 236 valence electrons. The first-order chi connectivity index (χ1) is 23.3. The fourth-order valence-corrected chi connectivity index (χ4v) is 9.91. The van der Waals surface area contributed by atoms with Crippen molar-refractivity contribution in [1.29, 1.82) is 5.26 Å². The van der Waals surface area contributed by atoms with Gasteiger partial charge < -0.3 is 19.8 Å². The van der Waals surface area contributed by atoms with Gasteiger partial charge in [-0.2, -0.15) is 5.26 Å². The van der Waals surface area contributed by atoms with E-state index in [2.05, 4.69) is 6.07 Å². The van der Waals surface area contributed by atoms with Crippen molar-refractivity contribution in [1.82, 2.24) is 0 Å². The van der Waals surface area contributed by atoms with E-state index in [4.69, 9.17) is 15.2 Å². The molecule has 48 heavy (non-hydrogen) atoms. The molecule has 7 rings (SSSR count). The number of nitriles is 1. The highest BCUT2D eigenvalue weighted by atomic mass is 31.2. The second-order valence-electron chi connectivity index (χ2n) is 11.6. The monoisotopic (exact) mass is 651 g/mol. The SMILES string of the molecule is COc1cc2c(cc1OC)-c1c(C#N)c(N)c([N+](=O)[O-])c(-c3c(P(=O)(c4ccccc4)c4ccccc4)ccc4ccccc34)c1CC2. The molecule has 0 radical (unpaired) electrons. The van der Waals surface area contributed by atoms with Gasteiger partial charge in [0.05, 0.1) is 30.3 Å². The van der Waals surface area contributed by atoms with Gasteiger partial charge in [-0.3, -0.25) is 10.1 Å². The molecule has 0 atom stereocenters. The molecule has 0 unspecified atom stereocenters. The third kappa shape index (κ3) is 4.63. The van der Waals surface area contributed by atoms with Gasteiger partial charge in [0, 0.05) is 27.0 Å². The number of hydrogen-bond donors (Lipinski definition) is 1. The highest BCUT2D eigenvalue weighted by Gasteiger charge is 2.39. The number of fused-ring (bicyclic) bond motifs is 4. The Morgan fingerprint density at radius 3 is 2.00 bits per heavy atom. The quantitative estimate of drug-likeness (QED) is 0.0831. The molecule has 6 aromatic rings. The lowest BCUT2D eigenvalue weighted by atomic mass is 9.77. The number of benzene rings is 6. The van der Waals surface area contributed by atoms with Crippen LogP contribution in [0.25, 0.3) is 33.0 Å². The van der Waals surface area contributed by atoms with Gasteiger partial charge in [-0.25, -0.2) is 0 Å². The molecule has 0 fully saturated rings. The molecular formula is C39H30N3O5P. The van der Waals surface area contributed by atoms with Crippen molar-refractivity contribution in [3.63, 3.8) is 0 Å². The maximum absolute atomic E-state index is 16.0. The van der Waals surface area contributed by atoms with Crippen LogP contribution in [0.15, 0.2) is 109 Å². The van der Waals surface area contributed by atoms with E-state index in [1.807, 2.05) is 103 Å². The molecule has 0 aromatic heterocycles. The molecule has 1 aliphatic rings. The molecule has 0 saturated carbocycles. The van der Waals surface area contributed by atoms with Gasteiger partial charge in [0.25, 0.3) is 0 Å². The smallest absolute Gasteiger partial charge is 0.301 e. The Labute approximate surface area is 277 Å². The molecule has 2 N–H and O–H groups in total. The van der Waals surface area contributed by atoms with Gasteiger partial charge in [0.1, 0.15) is 11.8 Å². The van der Waals surface area contributed by atoms with Crippen molar-refractivity contribution >= 4 is 45.2 Å². The Hall–Kier alpha value is -5.90. The van der Waals surface area contributed by atoms with Crippen LogP contribution < -0.4 is 31.1 Å². The van der Waals surface area contributed by atoms with E-state index < -0.39 is 12.1 Å². The number of methoxy groups -OCH3 is 2. The Bertz CT molecular complexity index is 2310. The minimum Gasteiger partial charge on any atom is -0.493 e. The summed E-state index contributed by atoms with van der Waals surface area (Å²) in [4.78, 5) is 12.6. The number of nitrogens with zero attached hydrogens (tertiary/aromatic N) is 2. The van der Waals surface area contributed by atoms with Crippen LogP contribution in [0.1, 0.15) is 16.7 Å². The van der Waals surface area contributed by atoms with Crippen LogP contribution in [0.4, 0.5) is 11.4 Å². The Morgan fingerprint density at radius 2 is 1.40 bits per heavy atom. The number of anilines is 1. The van der Waals surface area contributed by atoms with Crippen LogP contribution in [-0.2, 0) is 17.4 Å². The Kier molecular flexibility index (Phi) is 7.71. The van der Waals surface area contributed by atoms with E-state index in [0.29, 0.717) is 67.9 Å². The first-order valence-electron chi connectivity index (χ1n) is 15.4. The molecule has 0 amide bonds. The normalized spacial score (nSPS) is 12.1. The zero-order valence-corrected chi connectivity index (χ0v) is 27.2. The molecule has 1 aliphatic carbocycles. The van der Waals surface area contributed by atoms with E-state index >= 15 is 4.57 Å². The van der Waals surface area contributed by atoms with Gasteiger partial charge in [-0.05, 0) is 58.5 Å². The lowest BCUT2D eigenvalue weighted by Gasteiger charge is -2.29. The number of rotatable bonds is 7. The van der Waals surface area contributed by atoms with Gasteiger partial charge in [-0.1, -0.05) is 91.0 Å². The fourth-order valence-electron chi connectivity index (χ4n) is 7.04. The van der Waals surface area contributed by atoms with Crippen LogP contribution in [-0.4, -0.2) is 19.1 Å². The van der Waals surface area contributed by atoms with Gasteiger partial charge in [0.2, 0.25) is 0 Å². The van der Waals surface area contributed by atoms with E-state index in [1.165, 1.54) is 7.11 Å². The second kappa shape index (κ2) is 12.0. The van der Waals surface area contributed by atoms with Gasteiger partial charge >= 0.3 is 5.69 Å². The third-order valence-corrected chi connectivity index (χ3v) is 12.3. The number of nitrogens with two attached hydrogens (primary N) is 1. The molecular weight excluding hydrogens is 621 g/mol. The largest absolute Gasteiger partial charge is 0.493 e. The molecule has 6 aromatic carbocycles. The van der Waals surface area contributed by atoms with E-state index in [-0.39, 0.29) is 22.5 Å². The minimum atomic E-state index is -3.66. The predicted molar refractivity (Wildman–Crippen MR) is 191 cm³/mol. The number of nitro benzene ring substituents is 1. The van der Waals surface area contributed by atoms with E-state index in [1.54, 1.807) is 13.2 Å². The van der Waals surface area contributed by atoms with E-state index in [0.717, 1.165) is 10.9 Å². The van der Waals surface area contributed by atoms with Crippen molar-refractivity contribution < 1.29 is 19.0 Å². The first-order valence-corrected chi connectivity index (χ1v) is 17.1. The highest BCUT2D eigenvalue weighted by Crippen LogP contribution is 2.54. The number of nitro groups is 1. The van der Waals surface area contributed by atoms with Crippen molar-refractivity contribution in [3.8, 4) is 39.8 Å². The number of hydrogen-bond acceptors (Lipinski definition) is 7. The zero-order chi connectivity index (χ0) is 33.6. The van der Waals surface area contributed by atoms with Gasteiger partial charge in [-0.15, -0.1) is 0 Å². The summed E-state index contributed by atoms with van der Waals surface area (Å²) in [6.07, 6.45) is 0.878. The van der Waals surface area contributed by atoms with Crippen LogP contribution in [0.3, 0.4) is 0 Å². The van der Waals surface area contributed by atoms with Crippen LogP contribution in [0, 0.1) is 21.4 Å².